The highest BCUT2D eigenvalue weighted by atomic mass is 79.9. The molecule has 0 aromatic carbocycles. The number of Topliss-reactive ketones (excluding diaryl/α,β-unsaturated/α-hetero) is 1. The van der Waals surface area contributed by atoms with Gasteiger partial charge in [-0.1, -0.05) is 0 Å². The van der Waals surface area contributed by atoms with Crippen LogP contribution in [0.1, 0.15) is 5.69 Å². The second-order valence-corrected chi connectivity index (χ2v) is 3.30. The summed E-state index contributed by atoms with van der Waals surface area (Å²) in [5.41, 5.74) is 5.92. The molecule has 2 N–H and O–H groups in total. The predicted molar refractivity (Wildman–Crippen MR) is 49.7 cm³/mol. The van der Waals surface area contributed by atoms with E-state index in [1.165, 1.54) is 0 Å². The molecule has 1 aromatic heterocycles. The van der Waals surface area contributed by atoms with Crippen LogP contribution in [0, 0.1) is 0 Å². The molecule has 0 aliphatic heterocycles. The number of hydrogen-bond donors (Lipinski definition) is 1. The molecule has 1 rings (SSSR count). The van der Waals surface area contributed by atoms with Gasteiger partial charge in [-0.15, -0.1) is 0 Å². The minimum absolute atomic E-state index is 0.00447. The van der Waals surface area contributed by atoms with E-state index in [2.05, 4.69) is 20.9 Å². The van der Waals surface area contributed by atoms with Crippen LogP contribution in [0.4, 0.5) is 0 Å². The Morgan fingerprint density at radius 1 is 1.58 bits per heavy atom. The largest absolute Gasteiger partial charge is 0.324 e. The number of ketones is 1. The zero-order chi connectivity index (χ0) is 8.97. The highest BCUT2D eigenvalue weighted by Gasteiger charge is 2.01. The van der Waals surface area contributed by atoms with Crippen LogP contribution in [-0.4, -0.2) is 17.3 Å². The number of carbonyl (C=O) groups excluding carboxylic acids is 1. The van der Waals surface area contributed by atoms with Crippen molar-refractivity contribution in [2.75, 3.05) is 6.54 Å². The Labute approximate surface area is 79.1 Å². The van der Waals surface area contributed by atoms with Crippen molar-refractivity contribution in [3.63, 3.8) is 0 Å². The van der Waals surface area contributed by atoms with Crippen LogP contribution >= 0.6 is 15.9 Å². The van der Waals surface area contributed by atoms with Crippen molar-refractivity contribution >= 4 is 21.7 Å². The molecular formula is C8H9BrN2O. The van der Waals surface area contributed by atoms with Crippen molar-refractivity contribution < 1.29 is 4.79 Å². The van der Waals surface area contributed by atoms with Crippen molar-refractivity contribution in [3.05, 3.63) is 28.5 Å². The molecule has 0 radical (unpaired) electrons. The van der Waals surface area contributed by atoms with Gasteiger partial charge >= 0.3 is 0 Å². The van der Waals surface area contributed by atoms with Gasteiger partial charge in [-0.25, -0.2) is 0 Å². The molecule has 1 heterocycles. The fourth-order valence-corrected chi connectivity index (χ4v) is 1.02. The Morgan fingerprint density at radius 3 is 2.83 bits per heavy atom. The van der Waals surface area contributed by atoms with Crippen LogP contribution < -0.4 is 5.73 Å². The first-order valence-corrected chi connectivity index (χ1v) is 4.34. The zero-order valence-corrected chi connectivity index (χ0v) is 8.04. The normalized spacial score (nSPS) is 9.83. The van der Waals surface area contributed by atoms with Crippen LogP contribution in [0.2, 0.25) is 0 Å². The lowest BCUT2D eigenvalue weighted by molar-refractivity contribution is -0.117. The lowest BCUT2D eigenvalue weighted by atomic mass is 10.2. The van der Waals surface area contributed by atoms with Gasteiger partial charge in [-0.3, -0.25) is 9.78 Å². The number of hydrogen-bond acceptors (Lipinski definition) is 3. The van der Waals surface area contributed by atoms with Crippen molar-refractivity contribution in [2.24, 2.45) is 5.73 Å². The Hall–Kier alpha value is -0.740. The summed E-state index contributed by atoms with van der Waals surface area (Å²) in [7, 11) is 0. The monoisotopic (exact) mass is 228 g/mol. The summed E-state index contributed by atoms with van der Waals surface area (Å²) in [6, 6.07) is 3.66. The molecule has 0 saturated carbocycles. The Bertz CT molecular complexity index is 271. The van der Waals surface area contributed by atoms with Crippen LogP contribution in [0.15, 0.2) is 22.8 Å². The highest BCUT2D eigenvalue weighted by molar-refractivity contribution is 9.10. The Kier molecular flexibility index (Phi) is 3.37. The average Bonchev–Trinajstić information content (AvgIpc) is 2.09. The van der Waals surface area contributed by atoms with Gasteiger partial charge in [-0.2, -0.15) is 0 Å². The quantitative estimate of drug-likeness (QED) is 0.838. The molecule has 0 fully saturated rings. The average molecular weight is 229 g/mol. The Morgan fingerprint density at radius 2 is 2.33 bits per heavy atom. The van der Waals surface area contributed by atoms with E-state index in [0.29, 0.717) is 6.42 Å². The van der Waals surface area contributed by atoms with E-state index in [4.69, 9.17) is 5.73 Å². The maximum Gasteiger partial charge on any atom is 0.152 e. The second-order valence-electron chi connectivity index (χ2n) is 2.39. The molecule has 0 atom stereocenters. The summed E-state index contributed by atoms with van der Waals surface area (Å²) >= 11 is 3.26. The smallest absolute Gasteiger partial charge is 0.152 e. The predicted octanol–water partition coefficient (Wildman–Crippen LogP) is 0.914. The number of nitrogens with zero attached hydrogens (tertiary/aromatic N) is 1. The molecule has 0 saturated heterocycles. The topological polar surface area (TPSA) is 56.0 Å². The van der Waals surface area contributed by atoms with Gasteiger partial charge in [0.05, 0.1) is 6.54 Å². The lowest BCUT2D eigenvalue weighted by Gasteiger charge is -1.97. The fraction of sp³-hybridized carbons (Fsp3) is 0.250. The number of halogens is 1. The standard InChI is InChI=1S/C8H9BrN2O/c9-6-1-2-7(11-5-6)3-8(12)4-10/h1-2,5H,3-4,10H2. The minimum Gasteiger partial charge on any atom is -0.324 e. The van der Waals surface area contributed by atoms with E-state index >= 15 is 0 Å². The lowest BCUT2D eigenvalue weighted by Crippen LogP contribution is -2.16. The molecule has 0 bridgehead atoms. The first kappa shape index (κ1) is 9.35. The van der Waals surface area contributed by atoms with E-state index in [9.17, 15) is 4.79 Å². The molecule has 4 heteroatoms. The van der Waals surface area contributed by atoms with Gasteiger partial charge in [-0.05, 0) is 28.1 Å². The summed E-state index contributed by atoms with van der Waals surface area (Å²) in [5.74, 6) is 0.00447. The number of aromatic nitrogens is 1. The van der Waals surface area contributed by atoms with Gasteiger partial charge in [0.15, 0.2) is 5.78 Å². The maximum absolute atomic E-state index is 10.9. The Balaban J connectivity index is 2.64. The molecule has 64 valence electrons. The molecule has 0 spiro atoms. The number of rotatable bonds is 3. The van der Waals surface area contributed by atoms with Crippen molar-refractivity contribution in [1.82, 2.24) is 4.98 Å². The van der Waals surface area contributed by atoms with Crippen molar-refractivity contribution in [3.8, 4) is 0 Å². The van der Waals surface area contributed by atoms with E-state index in [1.807, 2.05) is 6.07 Å². The molecule has 1 aromatic rings. The number of nitrogens with two attached hydrogens (primary N) is 1. The number of pyridine rings is 1. The summed E-state index contributed by atoms with van der Waals surface area (Å²) in [6.45, 7) is 0.0811. The molecule has 0 aliphatic carbocycles. The molecular weight excluding hydrogens is 220 g/mol. The first-order chi connectivity index (χ1) is 5.72. The van der Waals surface area contributed by atoms with Crippen LogP contribution in [0.3, 0.4) is 0 Å². The SMILES string of the molecule is NCC(=O)Cc1ccc(Br)cn1. The summed E-state index contributed by atoms with van der Waals surface area (Å²) in [5, 5.41) is 0. The van der Waals surface area contributed by atoms with Gasteiger partial charge in [0.25, 0.3) is 0 Å². The van der Waals surface area contributed by atoms with Gasteiger partial charge in [0, 0.05) is 22.8 Å². The van der Waals surface area contributed by atoms with Gasteiger partial charge in [0.2, 0.25) is 0 Å². The second kappa shape index (κ2) is 4.33. The van der Waals surface area contributed by atoms with E-state index in [1.54, 1.807) is 12.3 Å². The molecule has 3 nitrogen and oxygen atoms in total. The van der Waals surface area contributed by atoms with E-state index in [0.717, 1.165) is 10.2 Å². The van der Waals surface area contributed by atoms with Crippen LogP contribution in [0.25, 0.3) is 0 Å². The third-order valence-electron chi connectivity index (χ3n) is 1.39. The minimum atomic E-state index is 0.00447. The van der Waals surface area contributed by atoms with Crippen LogP contribution in [-0.2, 0) is 11.2 Å². The summed E-state index contributed by atoms with van der Waals surface area (Å²) in [4.78, 5) is 14.9. The van der Waals surface area contributed by atoms with E-state index in [-0.39, 0.29) is 12.3 Å². The van der Waals surface area contributed by atoms with Crippen molar-refractivity contribution in [1.29, 1.82) is 0 Å². The zero-order valence-electron chi connectivity index (χ0n) is 6.46. The molecule has 12 heavy (non-hydrogen) atoms. The molecule has 0 unspecified atom stereocenters. The summed E-state index contributed by atoms with van der Waals surface area (Å²) < 4.78 is 0.909. The van der Waals surface area contributed by atoms with Gasteiger partial charge < -0.3 is 5.73 Å². The summed E-state index contributed by atoms with van der Waals surface area (Å²) in [6.07, 6.45) is 1.99. The highest BCUT2D eigenvalue weighted by Crippen LogP contribution is 2.07. The third-order valence-corrected chi connectivity index (χ3v) is 1.86. The van der Waals surface area contributed by atoms with Crippen LogP contribution in [0.5, 0.6) is 0 Å². The fourth-order valence-electron chi connectivity index (χ4n) is 0.785. The maximum atomic E-state index is 10.9. The first-order valence-electron chi connectivity index (χ1n) is 3.54. The van der Waals surface area contributed by atoms with E-state index < -0.39 is 0 Å². The molecule has 0 amide bonds. The van der Waals surface area contributed by atoms with Crippen molar-refractivity contribution in [2.45, 2.75) is 6.42 Å². The molecule has 0 aliphatic rings. The third kappa shape index (κ3) is 2.71. The number of carbonyl (C=O) groups is 1. The van der Waals surface area contributed by atoms with Gasteiger partial charge in [0.1, 0.15) is 0 Å².